The Kier molecular flexibility index (Phi) is 4.75. The van der Waals surface area contributed by atoms with Crippen LogP contribution in [0.15, 0.2) is 22.8 Å². The van der Waals surface area contributed by atoms with Crippen LogP contribution in [0.3, 0.4) is 0 Å². The highest BCUT2D eigenvalue weighted by molar-refractivity contribution is 5.78. The molecule has 1 aromatic rings. The zero-order chi connectivity index (χ0) is 12.9. The Labute approximate surface area is 103 Å². The van der Waals surface area contributed by atoms with Gasteiger partial charge in [0.25, 0.3) is 0 Å². The molecule has 1 unspecified atom stereocenters. The second-order valence-electron chi connectivity index (χ2n) is 5.36. The molecular formula is C13H22N2O2. The van der Waals surface area contributed by atoms with Crippen molar-refractivity contribution in [3.8, 4) is 0 Å². The Morgan fingerprint density at radius 3 is 2.71 bits per heavy atom. The molecule has 0 radical (unpaired) electrons. The summed E-state index contributed by atoms with van der Waals surface area (Å²) in [7, 11) is 0. The minimum Gasteiger partial charge on any atom is -0.469 e. The van der Waals surface area contributed by atoms with Crippen molar-refractivity contribution < 1.29 is 9.21 Å². The molecule has 1 heterocycles. The monoisotopic (exact) mass is 238 g/mol. The lowest BCUT2D eigenvalue weighted by Gasteiger charge is -2.21. The number of rotatable bonds is 5. The van der Waals surface area contributed by atoms with Gasteiger partial charge in [0, 0.05) is 18.0 Å². The number of nitrogens with one attached hydrogen (secondary N) is 2. The Morgan fingerprint density at radius 1 is 1.47 bits per heavy atom. The second kappa shape index (κ2) is 5.87. The summed E-state index contributed by atoms with van der Waals surface area (Å²) < 4.78 is 5.23. The third kappa shape index (κ3) is 6.12. The maximum absolute atomic E-state index is 11.6. The third-order valence-electron chi connectivity index (χ3n) is 2.27. The van der Waals surface area contributed by atoms with Gasteiger partial charge in [0.05, 0.1) is 12.8 Å². The van der Waals surface area contributed by atoms with Crippen molar-refractivity contribution in [2.24, 2.45) is 0 Å². The van der Waals surface area contributed by atoms with E-state index in [0.29, 0.717) is 13.0 Å². The van der Waals surface area contributed by atoms with Gasteiger partial charge in [-0.3, -0.25) is 4.79 Å². The Hall–Kier alpha value is -1.29. The fraction of sp³-hybridized carbons (Fsp3) is 0.615. The predicted molar refractivity (Wildman–Crippen MR) is 67.8 cm³/mol. The third-order valence-corrected chi connectivity index (χ3v) is 2.27. The van der Waals surface area contributed by atoms with Crippen LogP contribution >= 0.6 is 0 Å². The molecule has 0 fully saturated rings. The average Bonchev–Trinajstić information content (AvgIpc) is 2.66. The van der Waals surface area contributed by atoms with E-state index in [9.17, 15) is 4.79 Å². The first-order valence-electron chi connectivity index (χ1n) is 5.93. The van der Waals surface area contributed by atoms with Gasteiger partial charge in [0.2, 0.25) is 5.91 Å². The van der Waals surface area contributed by atoms with Crippen LogP contribution in [0.2, 0.25) is 0 Å². The molecule has 1 aromatic heterocycles. The summed E-state index contributed by atoms with van der Waals surface area (Å²) in [6, 6.07) is 3.84. The van der Waals surface area contributed by atoms with Crippen molar-refractivity contribution in [3.05, 3.63) is 24.2 Å². The molecule has 1 rings (SSSR count). The van der Waals surface area contributed by atoms with Crippen LogP contribution in [-0.2, 0) is 11.2 Å². The number of carbonyl (C=O) groups is 1. The topological polar surface area (TPSA) is 54.3 Å². The number of carbonyl (C=O) groups excluding carboxylic acids is 1. The van der Waals surface area contributed by atoms with Crippen molar-refractivity contribution in [1.82, 2.24) is 10.6 Å². The van der Waals surface area contributed by atoms with E-state index >= 15 is 0 Å². The molecule has 1 amide bonds. The lowest BCUT2D eigenvalue weighted by molar-refractivity contribution is -0.121. The smallest absolute Gasteiger partial charge is 0.234 e. The van der Waals surface area contributed by atoms with E-state index in [1.165, 1.54) is 0 Å². The van der Waals surface area contributed by atoms with Crippen LogP contribution in [-0.4, -0.2) is 24.0 Å². The van der Waals surface area contributed by atoms with E-state index in [4.69, 9.17) is 4.42 Å². The molecule has 96 valence electrons. The van der Waals surface area contributed by atoms with E-state index in [0.717, 1.165) is 5.76 Å². The molecule has 0 saturated carbocycles. The number of amides is 1. The van der Waals surface area contributed by atoms with Crippen molar-refractivity contribution >= 4 is 5.91 Å². The van der Waals surface area contributed by atoms with Gasteiger partial charge in [-0.2, -0.15) is 0 Å². The van der Waals surface area contributed by atoms with Crippen molar-refractivity contribution in [2.75, 3.05) is 6.54 Å². The number of hydrogen-bond acceptors (Lipinski definition) is 3. The first kappa shape index (κ1) is 13.8. The fourth-order valence-electron chi connectivity index (χ4n) is 1.45. The van der Waals surface area contributed by atoms with Crippen molar-refractivity contribution in [3.63, 3.8) is 0 Å². The van der Waals surface area contributed by atoms with Gasteiger partial charge in [0.1, 0.15) is 5.76 Å². The summed E-state index contributed by atoms with van der Waals surface area (Å²) in [5.74, 6) is 0.903. The zero-order valence-electron chi connectivity index (χ0n) is 11.0. The molecule has 0 spiro atoms. The molecule has 17 heavy (non-hydrogen) atoms. The van der Waals surface area contributed by atoms with Crippen LogP contribution in [0.25, 0.3) is 0 Å². The van der Waals surface area contributed by atoms with Gasteiger partial charge >= 0.3 is 0 Å². The lowest BCUT2D eigenvalue weighted by atomic mass is 10.1. The number of furan rings is 1. The summed E-state index contributed by atoms with van der Waals surface area (Å²) >= 11 is 0. The van der Waals surface area contributed by atoms with Gasteiger partial charge < -0.3 is 15.1 Å². The van der Waals surface area contributed by atoms with Gasteiger partial charge in [-0.05, 0) is 39.8 Å². The maximum atomic E-state index is 11.6. The number of hydrogen-bond donors (Lipinski definition) is 2. The molecule has 1 atom stereocenters. The fourth-order valence-corrected chi connectivity index (χ4v) is 1.45. The van der Waals surface area contributed by atoms with E-state index in [-0.39, 0.29) is 17.5 Å². The Bertz CT molecular complexity index is 339. The van der Waals surface area contributed by atoms with Crippen LogP contribution in [0.5, 0.6) is 0 Å². The standard InChI is InChI=1S/C13H22N2O2/c1-10(8-11-6-5-7-17-11)15-12(16)9-14-13(2,3)4/h5-7,10,14H,8-9H2,1-4H3,(H,15,16). The van der Waals surface area contributed by atoms with Crippen LogP contribution in [0.4, 0.5) is 0 Å². The van der Waals surface area contributed by atoms with Gasteiger partial charge in [0.15, 0.2) is 0 Å². The highest BCUT2D eigenvalue weighted by Crippen LogP contribution is 2.03. The predicted octanol–water partition coefficient (Wildman–Crippen LogP) is 1.71. The van der Waals surface area contributed by atoms with E-state index in [1.54, 1.807) is 6.26 Å². The van der Waals surface area contributed by atoms with Gasteiger partial charge in [-0.1, -0.05) is 0 Å². The van der Waals surface area contributed by atoms with Crippen LogP contribution in [0, 0.1) is 0 Å². The summed E-state index contributed by atoms with van der Waals surface area (Å²) in [5.41, 5.74) is -0.0401. The first-order valence-corrected chi connectivity index (χ1v) is 5.93. The summed E-state index contributed by atoms with van der Waals surface area (Å²) in [6.07, 6.45) is 2.36. The highest BCUT2D eigenvalue weighted by Gasteiger charge is 2.13. The van der Waals surface area contributed by atoms with Crippen LogP contribution < -0.4 is 10.6 Å². The molecule has 0 bridgehead atoms. The van der Waals surface area contributed by atoms with E-state index in [2.05, 4.69) is 10.6 Å². The zero-order valence-corrected chi connectivity index (χ0v) is 11.0. The minimum atomic E-state index is -0.0401. The largest absolute Gasteiger partial charge is 0.469 e. The summed E-state index contributed by atoms with van der Waals surface area (Å²) in [6.45, 7) is 8.41. The van der Waals surface area contributed by atoms with Gasteiger partial charge in [-0.25, -0.2) is 0 Å². The first-order chi connectivity index (χ1) is 7.87. The Balaban J connectivity index is 2.26. The van der Waals surface area contributed by atoms with E-state index < -0.39 is 0 Å². The highest BCUT2D eigenvalue weighted by atomic mass is 16.3. The lowest BCUT2D eigenvalue weighted by Crippen LogP contribution is -2.45. The minimum absolute atomic E-state index is 0.0129. The SMILES string of the molecule is CC(Cc1ccco1)NC(=O)CNC(C)(C)C. The molecule has 0 aliphatic heterocycles. The Morgan fingerprint density at radius 2 is 2.18 bits per heavy atom. The molecule has 0 aromatic carbocycles. The maximum Gasteiger partial charge on any atom is 0.234 e. The quantitative estimate of drug-likeness (QED) is 0.821. The second-order valence-corrected chi connectivity index (χ2v) is 5.36. The molecule has 0 saturated heterocycles. The van der Waals surface area contributed by atoms with Crippen molar-refractivity contribution in [2.45, 2.75) is 45.7 Å². The van der Waals surface area contributed by atoms with E-state index in [1.807, 2.05) is 39.8 Å². The normalized spacial score (nSPS) is 13.4. The molecule has 0 aliphatic rings. The van der Waals surface area contributed by atoms with Crippen molar-refractivity contribution in [1.29, 1.82) is 0 Å². The van der Waals surface area contributed by atoms with Crippen LogP contribution in [0.1, 0.15) is 33.5 Å². The molecule has 2 N–H and O–H groups in total. The average molecular weight is 238 g/mol. The molecule has 0 aliphatic carbocycles. The summed E-state index contributed by atoms with van der Waals surface area (Å²) in [5, 5.41) is 6.08. The molecule has 4 nitrogen and oxygen atoms in total. The van der Waals surface area contributed by atoms with Gasteiger partial charge in [-0.15, -0.1) is 0 Å². The molecule has 4 heteroatoms. The summed E-state index contributed by atoms with van der Waals surface area (Å²) in [4.78, 5) is 11.6. The molecular weight excluding hydrogens is 216 g/mol.